The van der Waals surface area contributed by atoms with E-state index in [1.807, 2.05) is 16.9 Å². The van der Waals surface area contributed by atoms with Gasteiger partial charge in [-0.15, -0.1) is 0 Å². The zero-order valence-electron chi connectivity index (χ0n) is 10.1. The van der Waals surface area contributed by atoms with Crippen molar-refractivity contribution in [2.45, 2.75) is 25.9 Å². The van der Waals surface area contributed by atoms with Gasteiger partial charge in [0.05, 0.1) is 12.2 Å². The fourth-order valence-corrected chi connectivity index (χ4v) is 2.32. The van der Waals surface area contributed by atoms with Gasteiger partial charge in [-0.2, -0.15) is 5.10 Å². The molecule has 1 atom stereocenters. The predicted octanol–water partition coefficient (Wildman–Crippen LogP) is 3.24. The summed E-state index contributed by atoms with van der Waals surface area (Å²) in [6, 6.07) is 4.33. The summed E-state index contributed by atoms with van der Waals surface area (Å²) in [6.45, 7) is 2.95. The fraction of sp³-hybridized carbons (Fsp3) is 0.308. The van der Waals surface area contributed by atoms with Crippen LogP contribution in [0.3, 0.4) is 0 Å². The number of aryl methyl sites for hydroxylation is 1. The molecule has 0 saturated heterocycles. The summed E-state index contributed by atoms with van der Waals surface area (Å²) in [4.78, 5) is 0. The van der Waals surface area contributed by atoms with Crippen molar-refractivity contribution < 1.29 is 4.39 Å². The molecule has 2 N–H and O–H groups in total. The molecule has 2 rings (SSSR count). The molecule has 0 spiro atoms. The van der Waals surface area contributed by atoms with Crippen molar-refractivity contribution in [3.05, 3.63) is 52.0 Å². The van der Waals surface area contributed by atoms with Crippen LogP contribution in [0, 0.1) is 5.82 Å². The Balaban J connectivity index is 2.26. The molecule has 0 amide bonds. The highest BCUT2D eigenvalue weighted by Gasteiger charge is 2.12. The van der Waals surface area contributed by atoms with Crippen LogP contribution in [0.15, 0.2) is 35.1 Å². The summed E-state index contributed by atoms with van der Waals surface area (Å²) in [5.41, 5.74) is 7.75. The van der Waals surface area contributed by atoms with E-state index in [1.54, 1.807) is 6.20 Å². The minimum absolute atomic E-state index is 0.296. The van der Waals surface area contributed by atoms with Crippen molar-refractivity contribution in [1.29, 1.82) is 0 Å². The Hall–Kier alpha value is -1.20. The van der Waals surface area contributed by atoms with Gasteiger partial charge >= 0.3 is 0 Å². The lowest BCUT2D eigenvalue weighted by Gasteiger charge is -2.10. The Bertz CT molecular complexity index is 519. The largest absolute Gasteiger partial charge is 0.320 e. The van der Waals surface area contributed by atoms with E-state index >= 15 is 0 Å². The second-order valence-electron chi connectivity index (χ2n) is 4.22. The van der Waals surface area contributed by atoms with Crippen LogP contribution < -0.4 is 5.73 Å². The van der Waals surface area contributed by atoms with Crippen molar-refractivity contribution in [3.8, 4) is 0 Å². The number of benzene rings is 1. The first-order chi connectivity index (χ1) is 8.60. The second-order valence-corrected chi connectivity index (χ2v) is 5.13. The van der Waals surface area contributed by atoms with E-state index in [1.165, 1.54) is 12.1 Å². The molecule has 3 nitrogen and oxygen atoms in total. The number of hydrogen-bond donors (Lipinski definition) is 1. The minimum atomic E-state index is -0.359. The average molecular weight is 312 g/mol. The highest BCUT2D eigenvalue weighted by atomic mass is 79.9. The lowest BCUT2D eigenvalue weighted by atomic mass is 10.0. The first-order valence-electron chi connectivity index (χ1n) is 5.84. The minimum Gasteiger partial charge on any atom is -0.320 e. The van der Waals surface area contributed by atoms with Crippen LogP contribution in [0.25, 0.3) is 0 Å². The van der Waals surface area contributed by atoms with Crippen LogP contribution in [-0.2, 0) is 6.54 Å². The van der Waals surface area contributed by atoms with Crippen molar-refractivity contribution >= 4 is 15.9 Å². The molecule has 0 aliphatic heterocycles. The molecule has 1 aromatic heterocycles. The van der Waals surface area contributed by atoms with Crippen molar-refractivity contribution in [2.24, 2.45) is 5.73 Å². The topological polar surface area (TPSA) is 43.8 Å². The van der Waals surface area contributed by atoms with E-state index in [2.05, 4.69) is 28.0 Å². The van der Waals surface area contributed by atoms with Crippen molar-refractivity contribution in [3.63, 3.8) is 0 Å². The lowest BCUT2D eigenvalue weighted by molar-refractivity contribution is 0.601. The number of halogens is 2. The quantitative estimate of drug-likeness (QED) is 0.942. The number of nitrogens with zero attached hydrogens (tertiary/aromatic N) is 2. The number of aromatic nitrogens is 2. The normalized spacial score (nSPS) is 12.7. The van der Waals surface area contributed by atoms with Crippen LogP contribution in [0.1, 0.15) is 30.5 Å². The zero-order valence-corrected chi connectivity index (χ0v) is 11.7. The molecule has 0 saturated carbocycles. The molecule has 0 radical (unpaired) electrons. The third kappa shape index (κ3) is 2.97. The first-order valence-corrected chi connectivity index (χ1v) is 6.63. The maximum Gasteiger partial charge on any atom is 0.124 e. The van der Waals surface area contributed by atoms with E-state index in [-0.39, 0.29) is 11.9 Å². The van der Waals surface area contributed by atoms with Gasteiger partial charge in [0, 0.05) is 22.8 Å². The van der Waals surface area contributed by atoms with Crippen LogP contribution in [0.5, 0.6) is 0 Å². The van der Waals surface area contributed by atoms with Crippen LogP contribution in [0.4, 0.5) is 4.39 Å². The SMILES string of the molecule is CCCn1cc(C(N)c2cc(F)cc(Br)c2)cn1. The molecular weight excluding hydrogens is 297 g/mol. The summed E-state index contributed by atoms with van der Waals surface area (Å²) >= 11 is 3.27. The van der Waals surface area contributed by atoms with Crippen LogP contribution in [0.2, 0.25) is 0 Å². The molecule has 0 aliphatic carbocycles. The molecule has 0 fully saturated rings. The summed E-state index contributed by atoms with van der Waals surface area (Å²) in [6.07, 6.45) is 4.66. The third-order valence-corrected chi connectivity index (χ3v) is 3.17. The second kappa shape index (κ2) is 5.63. The predicted molar refractivity (Wildman–Crippen MR) is 72.6 cm³/mol. The molecular formula is C13H15BrFN3. The third-order valence-electron chi connectivity index (χ3n) is 2.71. The Morgan fingerprint density at radius 3 is 2.83 bits per heavy atom. The van der Waals surface area contributed by atoms with Gasteiger partial charge in [-0.1, -0.05) is 22.9 Å². The Labute approximate surface area is 114 Å². The smallest absolute Gasteiger partial charge is 0.124 e. The van der Waals surface area contributed by atoms with Crippen molar-refractivity contribution in [2.75, 3.05) is 0 Å². The molecule has 0 aliphatic rings. The molecule has 1 heterocycles. The monoisotopic (exact) mass is 311 g/mol. The molecule has 96 valence electrons. The summed E-state index contributed by atoms with van der Waals surface area (Å²) < 4.78 is 15.9. The molecule has 5 heteroatoms. The number of nitrogens with two attached hydrogens (primary N) is 1. The van der Waals surface area contributed by atoms with E-state index in [0.29, 0.717) is 4.47 Å². The van der Waals surface area contributed by atoms with Gasteiger partial charge in [0.2, 0.25) is 0 Å². The van der Waals surface area contributed by atoms with Crippen molar-refractivity contribution in [1.82, 2.24) is 9.78 Å². The standard InChI is InChI=1S/C13H15BrFN3/c1-2-3-18-8-10(7-17-18)13(16)9-4-11(14)6-12(15)5-9/h4-8,13H,2-3,16H2,1H3. The van der Waals surface area contributed by atoms with E-state index in [0.717, 1.165) is 24.1 Å². The van der Waals surface area contributed by atoms with Crippen LogP contribution >= 0.6 is 15.9 Å². The van der Waals surface area contributed by atoms with E-state index < -0.39 is 0 Å². The van der Waals surface area contributed by atoms with Gasteiger partial charge in [0.1, 0.15) is 5.82 Å². The number of rotatable bonds is 4. The first kappa shape index (κ1) is 13.2. The Morgan fingerprint density at radius 1 is 1.39 bits per heavy atom. The molecule has 1 aromatic carbocycles. The van der Waals surface area contributed by atoms with Crippen LogP contribution in [-0.4, -0.2) is 9.78 Å². The molecule has 2 aromatic rings. The van der Waals surface area contributed by atoms with E-state index in [4.69, 9.17) is 5.73 Å². The highest BCUT2D eigenvalue weighted by molar-refractivity contribution is 9.10. The van der Waals surface area contributed by atoms with E-state index in [9.17, 15) is 4.39 Å². The van der Waals surface area contributed by atoms with Gasteiger partial charge in [-0.3, -0.25) is 4.68 Å². The average Bonchev–Trinajstić information content (AvgIpc) is 2.76. The highest BCUT2D eigenvalue weighted by Crippen LogP contribution is 2.23. The maximum absolute atomic E-state index is 13.3. The molecule has 1 unspecified atom stereocenters. The van der Waals surface area contributed by atoms with Gasteiger partial charge in [0.15, 0.2) is 0 Å². The van der Waals surface area contributed by atoms with Gasteiger partial charge in [-0.05, 0) is 30.2 Å². The summed E-state index contributed by atoms with van der Waals surface area (Å²) in [5, 5.41) is 4.23. The summed E-state index contributed by atoms with van der Waals surface area (Å²) in [7, 11) is 0. The van der Waals surface area contributed by atoms with Gasteiger partial charge in [-0.25, -0.2) is 4.39 Å². The molecule has 18 heavy (non-hydrogen) atoms. The van der Waals surface area contributed by atoms with Gasteiger partial charge in [0.25, 0.3) is 0 Å². The fourth-order valence-electron chi connectivity index (χ4n) is 1.84. The lowest BCUT2D eigenvalue weighted by Crippen LogP contribution is -2.11. The Kier molecular flexibility index (Phi) is 4.14. The Morgan fingerprint density at radius 2 is 2.17 bits per heavy atom. The summed E-state index contributed by atoms with van der Waals surface area (Å²) in [5.74, 6) is -0.296. The maximum atomic E-state index is 13.3. The zero-order chi connectivity index (χ0) is 13.1. The van der Waals surface area contributed by atoms with Gasteiger partial charge < -0.3 is 5.73 Å². The molecule has 0 bridgehead atoms. The number of hydrogen-bond acceptors (Lipinski definition) is 2.